The highest BCUT2D eigenvalue weighted by atomic mass is 16.5. The fourth-order valence-electron chi connectivity index (χ4n) is 2.84. The lowest BCUT2D eigenvalue weighted by Gasteiger charge is -2.31. The van der Waals surface area contributed by atoms with Crippen LogP contribution in [0.15, 0.2) is 12.3 Å². The lowest BCUT2D eigenvalue weighted by atomic mass is 9.82. The molecule has 2 atom stereocenters. The molecular weight excluding hydrogens is 244 g/mol. The Morgan fingerprint density at radius 2 is 2.00 bits per heavy atom. The SMILES string of the molecule is CC1CC(C)CC(Oc2ncc(N)cc2C(=O)O)C1. The lowest BCUT2D eigenvalue weighted by molar-refractivity contribution is 0.0670. The average molecular weight is 264 g/mol. The lowest BCUT2D eigenvalue weighted by Crippen LogP contribution is -2.29. The van der Waals surface area contributed by atoms with Crippen molar-refractivity contribution in [3.8, 4) is 5.88 Å². The first-order chi connectivity index (χ1) is 8.95. The van der Waals surface area contributed by atoms with Crippen LogP contribution in [-0.4, -0.2) is 22.2 Å². The van der Waals surface area contributed by atoms with Gasteiger partial charge in [-0.25, -0.2) is 9.78 Å². The molecule has 0 spiro atoms. The second-order valence-electron chi connectivity index (χ2n) is 5.58. The van der Waals surface area contributed by atoms with E-state index in [4.69, 9.17) is 15.6 Å². The topological polar surface area (TPSA) is 85.4 Å². The van der Waals surface area contributed by atoms with Gasteiger partial charge in [-0.15, -0.1) is 0 Å². The zero-order chi connectivity index (χ0) is 14.0. The van der Waals surface area contributed by atoms with Crippen molar-refractivity contribution < 1.29 is 14.6 Å². The van der Waals surface area contributed by atoms with Crippen molar-refractivity contribution in [1.82, 2.24) is 4.98 Å². The number of nitrogen functional groups attached to an aromatic ring is 1. The Labute approximate surface area is 112 Å². The molecule has 0 amide bonds. The van der Waals surface area contributed by atoms with E-state index < -0.39 is 5.97 Å². The van der Waals surface area contributed by atoms with E-state index in [2.05, 4.69) is 18.8 Å². The molecule has 5 heteroatoms. The summed E-state index contributed by atoms with van der Waals surface area (Å²) in [6.07, 6.45) is 4.54. The van der Waals surface area contributed by atoms with Gasteiger partial charge in [-0.1, -0.05) is 13.8 Å². The van der Waals surface area contributed by atoms with Crippen molar-refractivity contribution in [3.63, 3.8) is 0 Å². The number of aromatic nitrogens is 1. The van der Waals surface area contributed by atoms with Gasteiger partial charge in [0.2, 0.25) is 5.88 Å². The fraction of sp³-hybridized carbons (Fsp3) is 0.571. The minimum atomic E-state index is -1.06. The quantitative estimate of drug-likeness (QED) is 0.876. The Hall–Kier alpha value is -1.78. The maximum absolute atomic E-state index is 11.2. The first-order valence-corrected chi connectivity index (χ1v) is 6.61. The molecule has 5 nitrogen and oxygen atoms in total. The smallest absolute Gasteiger partial charge is 0.341 e. The van der Waals surface area contributed by atoms with E-state index in [1.165, 1.54) is 18.7 Å². The number of nitrogens with two attached hydrogens (primary N) is 1. The molecule has 1 saturated carbocycles. The summed E-state index contributed by atoms with van der Waals surface area (Å²) in [5, 5.41) is 9.15. The highest BCUT2D eigenvalue weighted by molar-refractivity contribution is 5.91. The van der Waals surface area contributed by atoms with Gasteiger partial charge in [0, 0.05) is 0 Å². The molecule has 1 fully saturated rings. The normalized spacial score (nSPS) is 26.9. The molecule has 104 valence electrons. The summed E-state index contributed by atoms with van der Waals surface area (Å²) in [7, 11) is 0. The monoisotopic (exact) mass is 264 g/mol. The number of carboxylic acids is 1. The van der Waals surface area contributed by atoms with E-state index in [0.717, 1.165) is 12.8 Å². The second-order valence-corrected chi connectivity index (χ2v) is 5.58. The average Bonchev–Trinajstić information content (AvgIpc) is 2.30. The van der Waals surface area contributed by atoms with Crippen LogP contribution in [-0.2, 0) is 0 Å². The van der Waals surface area contributed by atoms with Gasteiger partial charge in [0.1, 0.15) is 11.7 Å². The van der Waals surface area contributed by atoms with E-state index in [1.807, 2.05) is 0 Å². The molecule has 0 aromatic carbocycles. The number of ether oxygens (including phenoxy) is 1. The minimum absolute atomic E-state index is 0.0332. The molecule has 2 rings (SSSR count). The van der Waals surface area contributed by atoms with Crippen molar-refractivity contribution in [2.45, 2.75) is 39.2 Å². The molecular formula is C14H20N2O3. The van der Waals surface area contributed by atoms with E-state index in [0.29, 0.717) is 17.5 Å². The van der Waals surface area contributed by atoms with Gasteiger partial charge in [0.05, 0.1) is 11.9 Å². The number of anilines is 1. The Bertz CT molecular complexity index is 466. The van der Waals surface area contributed by atoms with Crippen molar-refractivity contribution >= 4 is 11.7 Å². The zero-order valence-corrected chi connectivity index (χ0v) is 11.3. The van der Waals surface area contributed by atoms with Crippen LogP contribution in [0.4, 0.5) is 5.69 Å². The fourth-order valence-corrected chi connectivity index (χ4v) is 2.84. The summed E-state index contributed by atoms with van der Waals surface area (Å²) in [5.74, 6) is 0.298. The van der Waals surface area contributed by atoms with Gasteiger partial charge in [-0.2, -0.15) is 0 Å². The highest BCUT2D eigenvalue weighted by Gasteiger charge is 2.27. The molecule has 1 aromatic rings. The summed E-state index contributed by atoms with van der Waals surface area (Å²) in [4.78, 5) is 15.2. The van der Waals surface area contributed by atoms with Crippen LogP contribution in [0.3, 0.4) is 0 Å². The Kier molecular flexibility index (Phi) is 3.93. The van der Waals surface area contributed by atoms with Crippen molar-refractivity contribution in [2.75, 3.05) is 5.73 Å². The molecule has 0 radical (unpaired) electrons. The van der Waals surface area contributed by atoms with E-state index >= 15 is 0 Å². The van der Waals surface area contributed by atoms with Gasteiger partial charge < -0.3 is 15.6 Å². The molecule has 1 aliphatic carbocycles. The Morgan fingerprint density at radius 3 is 2.58 bits per heavy atom. The third-order valence-electron chi connectivity index (χ3n) is 3.52. The number of aromatic carboxylic acids is 1. The molecule has 19 heavy (non-hydrogen) atoms. The molecule has 0 aliphatic heterocycles. The molecule has 1 aromatic heterocycles. The Balaban J connectivity index is 2.16. The van der Waals surface area contributed by atoms with Gasteiger partial charge in [0.25, 0.3) is 0 Å². The standard InChI is InChI=1S/C14H20N2O3/c1-8-3-9(2)5-11(4-8)19-13-12(14(17)18)6-10(15)7-16-13/h6-9,11H,3-5,15H2,1-2H3,(H,17,18). The van der Waals surface area contributed by atoms with Crippen LogP contribution < -0.4 is 10.5 Å². The number of pyridine rings is 1. The summed E-state index contributed by atoms with van der Waals surface area (Å²) < 4.78 is 5.80. The van der Waals surface area contributed by atoms with Crippen LogP contribution in [0, 0.1) is 11.8 Å². The number of hydrogen-bond donors (Lipinski definition) is 2. The Morgan fingerprint density at radius 1 is 1.37 bits per heavy atom. The summed E-state index contributed by atoms with van der Waals surface area (Å²) in [5.41, 5.74) is 5.92. The van der Waals surface area contributed by atoms with Crippen molar-refractivity contribution in [3.05, 3.63) is 17.8 Å². The predicted molar refractivity (Wildman–Crippen MR) is 72.2 cm³/mol. The second kappa shape index (κ2) is 5.47. The van der Waals surface area contributed by atoms with Crippen LogP contribution in [0.2, 0.25) is 0 Å². The molecule has 0 bridgehead atoms. The predicted octanol–water partition coefficient (Wildman–Crippen LogP) is 2.57. The van der Waals surface area contributed by atoms with Gasteiger partial charge >= 0.3 is 5.97 Å². The highest BCUT2D eigenvalue weighted by Crippen LogP contribution is 2.31. The van der Waals surface area contributed by atoms with Crippen molar-refractivity contribution in [1.29, 1.82) is 0 Å². The maximum atomic E-state index is 11.2. The zero-order valence-electron chi connectivity index (χ0n) is 11.3. The summed E-state index contributed by atoms with van der Waals surface area (Å²) >= 11 is 0. The largest absolute Gasteiger partial charge is 0.477 e. The first kappa shape index (κ1) is 13.6. The van der Waals surface area contributed by atoms with E-state index in [-0.39, 0.29) is 17.5 Å². The van der Waals surface area contributed by atoms with Crippen LogP contribution >= 0.6 is 0 Å². The number of carbonyl (C=O) groups is 1. The van der Waals surface area contributed by atoms with Crippen LogP contribution in [0.5, 0.6) is 5.88 Å². The van der Waals surface area contributed by atoms with Crippen LogP contribution in [0.1, 0.15) is 43.5 Å². The van der Waals surface area contributed by atoms with E-state index in [1.54, 1.807) is 0 Å². The molecule has 3 N–H and O–H groups in total. The summed E-state index contributed by atoms with van der Waals surface area (Å²) in [6, 6.07) is 1.39. The molecule has 2 unspecified atom stereocenters. The first-order valence-electron chi connectivity index (χ1n) is 6.61. The van der Waals surface area contributed by atoms with Crippen LogP contribution in [0.25, 0.3) is 0 Å². The maximum Gasteiger partial charge on any atom is 0.341 e. The summed E-state index contributed by atoms with van der Waals surface area (Å²) in [6.45, 7) is 4.39. The molecule has 1 heterocycles. The molecule has 1 aliphatic rings. The van der Waals surface area contributed by atoms with Gasteiger partial charge in [-0.3, -0.25) is 0 Å². The van der Waals surface area contributed by atoms with Gasteiger partial charge in [0.15, 0.2) is 0 Å². The number of nitrogens with zero attached hydrogens (tertiary/aromatic N) is 1. The number of carboxylic acid groups (broad SMARTS) is 1. The van der Waals surface area contributed by atoms with E-state index in [9.17, 15) is 4.79 Å². The van der Waals surface area contributed by atoms with Crippen molar-refractivity contribution in [2.24, 2.45) is 11.8 Å². The number of rotatable bonds is 3. The third kappa shape index (κ3) is 3.36. The molecule has 0 saturated heterocycles. The minimum Gasteiger partial charge on any atom is -0.477 e. The number of hydrogen-bond acceptors (Lipinski definition) is 4. The third-order valence-corrected chi connectivity index (χ3v) is 3.52. The van der Waals surface area contributed by atoms with Gasteiger partial charge in [-0.05, 0) is 37.2 Å².